The number of nitrogens with zero attached hydrogens (tertiary/aromatic N) is 3. The highest BCUT2D eigenvalue weighted by atomic mass is 32.1. The average Bonchev–Trinajstić information content (AvgIpc) is 3.15. The van der Waals surface area contributed by atoms with Gasteiger partial charge in [0, 0.05) is 19.2 Å². The predicted octanol–water partition coefficient (Wildman–Crippen LogP) is 8.10. The lowest BCUT2D eigenvalue weighted by Gasteiger charge is -2.21. The minimum absolute atomic E-state index is 0.604. The smallest absolute Gasteiger partial charge is 0.186 e. The molecule has 0 amide bonds. The van der Waals surface area contributed by atoms with E-state index in [4.69, 9.17) is 15.3 Å². The van der Waals surface area contributed by atoms with Gasteiger partial charge in [0.05, 0.1) is 16.8 Å². The van der Waals surface area contributed by atoms with Gasteiger partial charge in [-0.2, -0.15) is 5.11 Å². The van der Waals surface area contributed by atoms with Gasteiger partial charge in [-0.05, 0) is 25.3 Å². The summed E-state index contributed by atoms with van der Waals surface area (Å²) in [7, 11) is 0. The Kier molecular flexibility index (Phi) is 11.0. The molecule has 0 bridgehead atoms. The Bertz CT molecular complexity index is 723. The summed E-state index contributed by atoms with van der Waals surface area (Å²) in [5.41, 5.74) is 9.10. The van der Waals surface area contributed by atoms with E-state index >= 15 is 0 Å². The Hall–Kier alpha value is -1.69. The summed E-state index contributed by atoms with van der Waals surface area (Å²) in [6.07, 6.45) is 12.1. The van der Waals surface area contributed by atoms with Gasteiger partial charge in [0.2, 0.25) is 0 Å². The van der Waals surface area contributed by atoms with Crippen molar-refractivity contribution in [2.24, 2.45) is 5.11 Å². The summed E-state index contributed by atoms with van der Waals surface area (Å²) in [6, 6.07) is 3.93. The van der Waals surface area contributed by atoms with Crippen LogP contribution in [0, 0.1) is 5.53 Å². The maximum atomic E-state index is 7.54. The summed E-state index contributed by atoms with van der Waals surface area (Å²) in [4.78, 5) is 7.30. The molecule has 0 saturated heterocycles. The second kappa shape index (κ2) is 13.5. The van der Waals surface area contributed by atoms with E-state index in [0.29, 0.717) is 18.0 Å². The third kappa shape index (κ3) is 7.57. The van der Waals surface area contributed by atoms with Crippen LogP contribution in [0.1, 0.15) is 85.0 Å². The second-order valence-electron chi connectivity index (χ2n) is 7.71. The molecular formula is C23H38N4OS. The number of thiazole rings is 1. The number of benzene rings is 1. The Morgan fingerprint density at radius 2 is 1.59 bits per heavy atom. The van der Waals surface area contributed by atoms with E-state index in [1.807, 2.05) is 12.1 Å². The van der Waals surface area contributed by atoms with Crippen molar-refractivity contribution >= 4 is 32.4 Å². The highest BCUT2D eigenvalue weighted by molar-refractivity contribution is 7.22. The minimum Gasteiger partial charge on any atom is -0.491 e. The fraction of sp³-hybridized carbons (Fsp3) is 0.696. The molecule has 0 saturated carbocycles. The van der Waals surface area contributed by atoms with Crippen LogP contribution in [0.2, 0.25) is 0 Å². The molecule has 1 aromatic carbocycles. The molecule has 0 unspecified atom stereocenters. The van der Waals surface area contributed by atoms with Crippen LogP contribution in [-0.4, -0.2) is 24.7 Å². The van der Waals surface area contributed by atoms with Gasteiger partial charge >= 0.3 is 0 Å². The topological polar surface area (TPSA) is 61.6 Å². The first-order valence-electron chi connectivity index (χ1n) is 11.4. The molecule has 6 heteroatoms. The molecule has 1 heterocycles. The van der Waals surface area contributed by atoms with Gasteiger partial charge in [-0.25, -0.2) is 10.5 Å². The minimum atomic E-state index is 0.604. The normalized spacial score (nSPS) is 11.1. The highest BCUT2D eigenvalue weighted by Crippen LogP contribution is 2.38. The molecule has 2 aromatic rings. The number of hydrogen-bond acceptors (Lipinski definition) is 6. The van der Waals surface area contributed by atoms with Crippen molar-refractivity contribution in [1.29, 1.82) is 5.53 Å². The molecule has 1 N–H and O–H groups in total. The quantitative estimate of drug-likeness (QED) is 0.221. The third-order valence-corrected chi connectivity index (χ3v) is 6.25. The summed E-state index contributed by atoms with van der Waals surface area (Å²) in [5.74, 6) is 0.687. The van der Waals surface area contributed by atoms with E-state index in [1.54, 1.807) is 11.3 Å². The zero-order chi connectivity index (χ0) is 20.9. The largest absolute Gasteiger partial charge is 0.491 e. The van der Waals surface area contributed by atoms with Crippen LogP contribution in [0.3, 0.4) is 0 Å². The Morgan fingerprint density at radius 1 is 0.931 bits per heavy atom. The fourth-order valence-corrected chi connectivity index (χ4v) is 4.37. The number of fused-ring (bicyclic) bond motifs is 1. The summed E-state index contributed by atoms with van der Waals surface area (Å²) >= 11 is 1.70. The number of nitrogens with one attached hydrogen (secondary N) is 1. The molecule has 0 spiro atoms. The molecule has 0 fully saturated rings. The van der Waals surface area contributed by atoms with Crippen molar-refractivity contribution in [3.8, 4) is 5.75 Å². The van der Waals surface area contributed by atoms with Gasteiger partial charge in [-0.15, -0.1) is 0 Å². The van der Waals surface area contributed by atoms with Gasteiger partial charge in [-0.3, -0.25) is 0 Å². The Labute approximate surface area is 180 Å². The SMILES string of the molecule is CCCCCCCCOc1cc2nc(N(CCCC)CCCC)sc2cc1N=N. The zero-order valence-electron chi connectivity index (χ0n) is 18.5. The number of aromatic nitrogens is 1. The van der Waals surface area contributed by atoms with Crippen LogP contribution in [0.5, 0.6) is 5.75 Å². The van der Waals surface area contributed by atoms with Gasteiger partial charge < -0.3 is 9.64 Å². The number of hydrogen-bond donors (Lipinski definition) is 1. The molecule has 0 atom stereocenters. The van der Waals surface area contributed by atoms with E-state index < -0.39 is 0 Å². The van der Waals surface area contributed by atoms with Crippen LogP contribution < -0.4 is 9.64 Å². The molecule has 5 nitrogen and oxygen atoms in total. The predicted molar refractivity (Wildman–Crippen MR) is 125 cm³/mol. The maximum Gasteiger partial charge on any atom is 0.186 e. The number of unbranched alkanes of at least 4 members (excludes halogenated alkanes) is 7. The second-order valence-corrected chi connectivity index (χ2v) is 8.72. The van der Waals surface area contributed by atoms with Gasteiger partial charge in [0.15, 0.2) is 5.13 Å². The third-order valence-electron chi connectivity index (χ3n) is 5.17. The molecule has 2 rings (SSSR count). The average molecular weight is 419 g/mol. The Balaban J connectivity index is 2.06. The summed E-state index contributed by atoms with van der Waals surface area (Å²) in [6.45, 7) is 9.47. The van der Waals surface area contributed by atoms with E-state index in [2.05, 4.69) is 30.8 Å². The van der Waals surface area contributed by atoms with Gasteiger partial charge in [0.1, 0.15) is 11.4 Å². The van der Waals surface area contributed by atoms with E-state index in [0.717, 1.165) is 34.9 Å². The molecule has 162 valence electrons. The van der Waals surface area contributed by atoms with Gasteiger partial charge in [-0.1, -0.05) is 77.1 Å². The monoisotopic (exact) mass is 418 g/mol. The highest BCUT2D eigenvalue weighted by Gasteiger charge is 2.15. The van der Waals surface area contributed by atoms with Crippen LogP contribution >= 0.6 is 11.3 Å². The molecule has 0 aliphatic rings. The first kappa shape index (κ1) is 23.6. The van der Waals surface area contributed by atoms with Crippen LogP contribution in [0.4, 0.5) is 10.8 Å². The lowest BCUT2D eigenvalue weighted by molar-refractivity contribution is 0.305. The van der Waals surface area contributed by atoms with Crippen molar-refractivity contribution in [3.05, 3.63) is 12.1 Å². The summed E-state index contributed by atoms with van der Waals surface area (Å²) in [5, 5.41) is 4.78. The molecule has 0 aliphatic carbocycles. The standard InChI is InChI=1S/C23H38N4OS/c1-4-7-10-11-12-13-16-28-21-17-20-22(18-19(21)26-24)29-23(25-20)27(14-8-5-2)15-9-6-3/h17-18,24H,4-16H2,1-3H3. The van der Waals surface area contributed by atoms with E-state index in [-0.39, 0.29) is 0 Å². The molecule has 1 aromatic heterocycles. The molecule has 0 aliphatic heterocycles. The van der Waals surface area contributed by atoms with E-state index in [1.165, 1.54) is 57.8 Å². The number of rotatable bonds is 16. The number of ether oxygens (including phenoxy) is 1. The van der Waals surface area contributed by atoms with Gasteiger partial charge in [0.25, 0.3) is 0 Å². The summed E-state index contributed by atoms with van der Waals surface area (Å²) < 4.78 is 7.06. The zero-order valence-corrected chi connectivity index (χ0v) is 19.3. The lowest BCUT2D eigenvalue weighted by Crippen LogP contribution is -2.25. The molecule has 0 radical (unpaired) electrons. The first-order valence-corrected chi connectivity index (χ1v) is 12.2. The maximum absolute atomic E-state index is 7.54. The van der Waals surface area contributed by atoms with Crippen LogP contribution in [0.25, 0.3) is 10.2 Å². The number of anilines is 1. The first-order chi connectivity index (χ1) is 14.2. The van der Waals surface area contributed by atoms with Crippen molar-refractivity contribution in [2.75, 3.05) is 24.6 Å². The van der Waals surface area contributed by atoms with Crippen LogP contribution in [0.15, 0.2) is 17.2 Å². The molecule has 29 heavy (non-hydrogen) atoms. The van der Waals surface area contributed by atoms with Crippen molar-refractivity contribution < 1.29 is 4.74 Å². The van der Waals surface area contributed by atoms with Crippen LogP contribution in [-0.2, 0) is 0 Å². The van der Waals surface area contributed by atoms with Crippen molar-refractivity contribution in [2.45, 2.75) is 85.0 Å². The van der Waals surface area contributed by atoms with E-state index in [9.17, 15) is 0 Å². The van der Waals surface area contributed by atoms with Crippen molar-refractivity contribution in [1.82, 2.24) is 4.98 Å². The molecular weight excluding hydrogens is 380 g/mol. The Morgan fingerprint density at radius 3 is 2.24 bits per heavy atom. The fourth-order valence-electron chi connectivity index (χ4n) is 3.34. The lowest BCUT2D eigenvalue weighted by atomic mass is 10.1. The van der Waals surface area contributed by atoms with Crippen molar-refractivity contribution in [3.63, 3.8) is 0 Å².